The Kier molecular flexibility index (Phi) is 6.69. The van der Waals surface area contributed by atoms with Gasteiger partial charge in [0.2, 0.25) is 11.8 Å². The van der Waals surface area contributed by atoms with Crippen LogP contribution in [0.15, 0.2) is 17.1 Å². The number of hydrogen-bond donors (Lipinski definition) is 2. The molecule has 2 N–H and O–H groups in total. The molecule has 0 aromatic heterocycles. The fourth-order valence-corrected chi connectivity index (χ4v) is 5.14. The molecular weight excluding hydrogens is 469 g/mol. The van der Waals surface area contributed by atoms with Gasteiger partial charge in [-0.3, -0.25) is 19.5 Å². The molecule has 5 unspecified atom stereocenters. The van der Waals surface area contributed by atoms with Crippen molar-refractivity contribution in [3.63, 3.8) is 0 Å². The quantitative estimate of drug-likeness (QED) is 0.179. The first-order chi connectivity index (χ1) is 13.0. The minimum atomic E-state index is -0.107. The van der Waals surface area contributed by atoms with Crippen LogP contribution in [-0.4, -0.2) is 74.4 Å². The number of likely N-dealkylation sites (tertiary alicyclic amines) is 1. The van der Waals surface area contributed by atoms with Crippen LogP contribution in [0.5, 0.6) is 0 Å². The molecule has 4 aliphatic rings. The lowest BCUT2D eigenvalue weighted by molar-refractivity contribution is -0.140. The Bertz CT molecular complexity index is 644. The van der Waals surface area contributed by atoms with Crippen LogP contribution in [0.4, 0.5) is 0 Å². The molecular formula is C20H32IN5O2. The van der Waals surface area contributed by atoms with E-state index in [0.717, 1.165) is 24.8 Å². The summed E-state index contributed by atoms with van der Waals surface area (Å²) in [6.45, 7) is 1.78. The van der Waals surface area contributed by atoms with Gasteiger partial charge in [0.15, 0.2) is 5.96 Å². The third kappa shape index (κ3) is 3.94. The molecule has 5 atom stereocenters. The second kappa shape index (κ2) is 8.69. The molecule has 3 fully saturated rings. The van der Waals surface area contributed by atoms with Crippen LogP contribution >= 0.6 is 24.0 Å². The zero-order valence-corrected chi connectivity index (χ0v) is 19.3. The Morgan fingerprint density at radius 3 is 2.29 bits per heavy atom. The average Bonchev–Trinajstić information content (AvgIpc) is 3.17. The summed E-state index contributed by atoms with van der Waals surface area (Å²) in [5.74, 6) is 1.87. The van der Waals surface area contributed by atoms with E-state index in [4.69, 9.17) is 0 Å². The number of fused-ring (bicyclic) bond motifs is 5. The predicted molar refractivity (Wildman–Crippen MR) is 119 cm³/mol. The highest BCUT2D eigenvalue weighted by Gasteiger charge is 2.58. The Morgan fingerprint density at radius 1 is 1.18 bits per heavy atom. The summed E-state index contributed by atoms with van der Waals surface area (Å²) < 4.78 is 0. The number of rotatable bonds is 7. The molecule has 28 heavy (non-hydrogen) atoms. The SMILES string of the molecule is CN=C(NCCN1C(=O)C2C3C=CC(C3)C2C1=O)NCC(C1CC1)N(C)C.I. The van der Waals surface area contributed by atoms with Crippen LogP contribution in [-0.2, 0) is 9.59 Å². The minimum absolute atomic E-state index is 0. The van der Waals surface area contributed by atoms with Crippen molar-refractivity contribution in [1.82, 2.24) is 20.4 Å². The third-order valence-electron chi connectivity index (χ3n) is 6.72. The third-order valence-corrected chi connectivity index (χ3v) is 6.72. The standard InChI is InChI=1S/C20H31N5O2.HI/c1-21-20(23-11-15(24(2)3)12-4-5-12)22-8-9-25-18(26)16-13-6-7-14(10-13)17(16)19(25)27;/h6-7,12-17H,4-5,8-11H2,1-3H3,(H2,21,22,23);1H. The number of carbonyl (C=O) groups excluding carboxylic acids is 2. The van der Waals surface area contributed by atoms with E-state index in [1.165, 1.54) is 17.7 Å². The lowest BCUT2D eigenvalue weighted by Crippen LogP contribution is -2.48. The van der Waals surface area contributed by atoms with Crippen LogP contribution in [0.1, 0.15) is 19.3 Å². The van der Waals surface area contributed by atoms with Gasteiger partial charge in [-0.15, -0.1) is 24.0 Å². The van der Waals surface area contributed by atoms with E-state index < -0.39 is 0 Å². The second-order valence-corrected chi connectivity index (χ2v) is 8.58. The number of imide groups is 1. The minimum Gasteiger partial charge on any atom is -0.355 e. The largest absolute Gasteiger partial charge is 0.355 e. The van der Waals surface area contributed by atoms with Crippen molar-refractivity contribution < 1.29 is 9.59 Å². The van der Waals surface area contributed by atoms with Crippen LogP contribution in [0, 0.1) is 29.6 Å². The molecule has 2 bridgehead atoms. The molecule has 2 saturated carbocycles. The molecule has 1 saturated heterocycles. The van der Waals surface area contributed by atoms with Crippen LogP contribution < -0.4 is 10.6 Å². The van der Waals surface area contributed by atoms with Crippen molar-refractivity contribution in [3.8, 4) is 0 Å². The number of carbonyl (C=O) groups is 2. The summed E-state index contributed by atoms with van der Waals surface area (Å²) >= 11 is 0. The number of amides is 2. The first-order valence-corrected chi connectivity index (χ1v) is 10.2. The molecule has 156 valence electrons. The Hall–Kier alpha value is -1.16. The van der Waals surface area contributed by atoms with Gasteiger partial charge in [0.25, 0.3) is 0 Å². The number of likely N-dealkylation sites (N-methyl/N-ethyl adjacent to an activating group) is 1. The van der Waals surface area contributed by atoms with Crippen molar-refractivity contribution in [2.75, 3.05) is 40.8 Å². The molecule has 0 aromatic rings. The van der Waals surface area contributed by atoms with Crippen molar-refractivity contribution in [2.45, 2.75) is 25.3 Å². The van der Waals surface area contributed by atoms with Crippen molar-refractivity contribution in [1.29, 1.82) is 0 Å². The van der Waals surface area contributed by atoms with Crippen molar-refractivity contribution in [3.05, 3.63) is 12.2 Å². The van der Waals surface area contributed by atoms with Gasteiger partial charge >= 0.3 is 0 Å². The first-order valence-electron chi connectivity index (χ1n) is 10.2. The zero-order chi connectivity index (χ0) is 19.1. The molecule has 8 heteroatoms. The van der Waals surface area contributed by atoms with E-state index >= 15 is 0 Å². The monoisotopic (exact) mass is 501 g/mol. The Morgan fingerprint density at radius 2 is 1.79 bits per heavy atom. The number of nitrogens with zero attached hydrogens (tertiary/aromatic N) is 3. The molecule has 3 aliphatic carbocycles. The van der Waals surface area contributed by atoms with Gasteiger partial charge < -0.3 is 15.5 Å². The highest BCUT2D eigenvalue weighted by molar-refractivity contribution is 14.0. The van der Waals surface area contributed by atoms with Gasteiger partial charge in [0.05, 0.1) is 11.8 Å². The molecule has 0 spiro atoms. The van der Waals surface area contributed by atoms with Gasteiger partial charge in [-0.25, -0.2) is 0 Å². The maximum absolute atomic E-state index is 12.7. The molecule has 7 nitrogen and oxygen atoms in total. The summed E-state index contributed by atoms with van der Waals surface area (Å²) in [4.78, 5) is 33.4. The lowest BCUT2D eigenvalue weighted by atomic mass is 9.85. The number of halogens is 1. The van der Waals surface area contributed by atoms with E-state index in [1.807, 2.05) is 0 Å². The smallest absolute Gasteiger partial charge is 0.233 e. The molecule has 1 aliphatic heterocycles. The molecule has 4 rings (SSSR count). The zero-order valence-electron chi connectivity index (χ0n) is 16.9. The molecule has 1 heterocycles. The van der Waals surface area contributed by atoms with Crippen molar-refractivity contribution >= 4 is 41.8 Å². The number of allylic oxidation sites excluding steroid dienone is 2. The maximum atomic E-state index is 12.7. The highest BCUT2D eigenvalue weighted by Crippen LogP contribution is 2.52. The van der Waals surface area contributed by atoms with Gasteiger partial charge in [-0.1, -0.05) is 12.2 Å². The van der Waals surface area contributed by atoms with E-state index in [1.54, 1.807) is 7.05 Å². The van der Waals surface area contributed by atoms with Gasteiger partial charge in [0.1, 0.15) is 0 Å². The Labute approximate surface area is 184 Å². The number of guanidine groups is 1. The second-order valence-electron chi connectivity index (χ2n) is 8.58. The lowest BCUT2D eigenvalue weighted by Gasteiger charge is -2.25. The Balaban J connectivity index is 0.00000225. The first kappa shape index (κ1) is 21.5. The average molecular weight is 501 g/mol. The van der Waals surface area contributed by atoms with Gasteiger partial charge in [-0.05, 0) is 51.1 Å². The van der Waals surface area contributed by atoms with E-state index in [9.17, 15) is 9.59 Å². The normalized spacial score (nSPS) is 32.0. The van der Waals surface area contributed by atoms with Gasteiger partial charge in [-0.2, -0.15) is 0 Å². The van der Waals surface area contributed by atoms with Crippen LogP contribution in [0.3, 0.4) is 0 Å². The fourth-order valence-electron chi connectivity index (χ4n) is 5.14. The number of hydrogen-bond acceptors (Lipinski definition) is 4. The van der Waals surface area contributed by atoms with E-state index in [2.05, 4.69) is 46.8 Å². The molecule has 0 radical (unpaired) electrons. The molecule has 2 amide bonds. The maximum Gasteiger partial charge on any atom is 0.233 e. The van der Waals surface area contributed by atoms with E-state index in [0.29, 0.717) is 19.1 Å². The van der Waals surface area contributed by atoms with Crippen LogP contribution in [0.2, 0.25) is 0 Å². The summed E-state index contributed by atoms with van der Waals surface area (Å²) in [5, 5.41) is 6.64. The molecule has 0 aromatic carbocycles. The summed E-state index contributed by atoms with van der Waals surface area (Å²) in [6.07, 6.45) is 7.84. The van der Waals surface area contributed by atoms with Crippen LogP contribution in [0.25, 0.3) is 0 Å². The number of aliphatic imine (C=N–C) groups is 1. The number of nitrogens with one attached hydrogen (secondary N) is 2. The fraction of sp³-hybridized carbons (Fsp3) is 0.750. The summed E-state index contributed by atoms with van der Waals surface area (Å²) in [6, 6.07) is 0.507. The summed E-state index contributed by atoms with van der Waals surface area (Å²) in [5.41, 5.74) is 0. The van der Waals surface area contributed by atoms with E-state index in [-0.39, 0.29) is 59.5 Å². The van der Waals surface area contributed by atoms with Crippen molar-refractivity contribution in [2.24, 2.45) is 34.6 Å². The summed E-state index contributed by atoms with van der Waals surface area (Å²) in [7, 11) is 5.98. The highest BCUT2D eigenvalue weighted by atomic mass is 127. The predicted octanol–water partition coefficient (Wildman–Crippen LogP) is 0.917. The van der Waals surface area contributed by atoms with Gasteiger partial charge in [0, 0.05) is 32.7 Å². The topological polar surface area (TPSA) is 77.0 Å².